The van der Waals surface area contributed by atoms with E-state index >= 15 is 0 Å². The average Bonchev–Trinajstić information content (AvgIpc) is 2.35. The monoisotopic (exact) mass is 224 g/mol. The molecule has 0 radical (unpaired) electrons. The van der Waals surface area contributed by atoms with E-state index in [1.165, 1.54) is 7.11 Å². The Morgan fingerprint density at radius 1 is 1.31 bits per heavy atom. The van der Waals surface area contributed by atoms with Gasteiger partial charge in [-0.05, 0) is 0 Å². The van der Waals surface area contributed by atoms with Crippen molar-refractivity contribution in [2.75, 3.05) is 31.8 Å². The van der Waals surface area contributed by atoms with Crippen molar-refractivity contribution >= 4 is 18.1 Å². The number of rotatable bonds is 5. The summed E-state index contributed by atoms with van der Waals surface area (Å²) in [6, 6.07) is 0. The molecule has 6 nitrogen and oxygen atoms in total. The van der Waals surface area contributed by atoms with Gasteiger partial charge < -0.3 is 20.2 Å². The topological polar surface area (TPSA) is 76.1 Å². The van der Waals surface area contributed by atoms with Gasteiger partial charge in [0.15, 0.2) is 0 Å². The second kappa shape index (κ2) is 5.29. The predicted octanol–water partition coefficient (Wildman–Crippen LogP) is 0.871. The average molecular weight is 224 g/mol. The van der Waals surface area contributed by atoms with Crippen molar-refractivity contribution in [3.63, 3.8) is 0 Å². The van der Waals surface area contributed by atoms with Crippen LogP contribution in [0.4, 0.5) is 11.8 Å². The van der Waals surface area contributed by atoms with Crippen LogP contribution in [0, 0.1) is 0 Å². The Morgan fingerprint density at radius 3 is 2.44 bits per heavy atom. The van der Waals surface area contributed by atoms with Crippen molar-refractivity contribution in [2.24, 2.45) is 0 Å². The highest BCUT2D eigenvalue weighted by Gasteiger charge is 2.19. The molecule has 1 rings (SSSR count). The maximum atomic E-state index is 10.8. The van der Waals surface area contributed by atoms with Crippen molar-refractivity contribution in [3.05, 3.63) is 5.56 Å². The molecule has 16 heavy (non-hydrogen) atoms. The molecule has 1 aromatic rings. The zero-order chi connectivity index (χ0) is 12.1. The third-order valence-electron chi connectivity index (χ3n) is 2.22. The van der Waals surface area contributed by atoms with Gasteiger partial charge in [0.05, 0.1) is 12.7 Å². The number of hydrogen-bond acceptors (Lipinski definition) is 6. The Morgan fingerprint density at radius 2 is 2.00 bits per heavy atom. The molecule has 0 aliphatic carbocycles. The molecule has 0 amide bonds. The minimum Gasteiger partial charge on any atom is -0.481 e. The van der Waals surface area contributed by atoms with Crippen LogP contribution >= 0.6 is 0 Å². The standard InChI is InChI=1S/C10H16N4O2/c1-6(5-15)7-8(11-2)13-10(12-3)14-9(7)16-4/h5-6H,1-4H3,(H2,11,12,13,14). The molecule has 0 saturated heterocycles. The highest BCUT2D eigenvalue weighted by atomic mass is 16.5. The zero-order valence-corrected chi connectivity index (χ0v) is 9.87. The maximum Gasteiger partial charge on any atom is 0.227 e. The molecule has 1 heterocycles. The van der Waals surface area contributed by atoms with Crippen LogP contribution in [0.15, 0.2) is 0 Å². The van der Waals surface area contributed by atoms with Crippen LogP contribution in [0.3, 0.4) is 0 Å². The number of carbonyl (C=O) groups excluding carboxylic acids is 1. The summed E-state index contributed by atoms with van der Waals surface area (Å²) in [5.74, 6) is 1.13. The number of hydrogen-bond donors (Lipinski definition) is 2. The van der Waals surface area contributed by atoms with Gasteiger partial charge in [-0.3, -0.25) is 0 Å². The number of nitrogens with zero attached hydrogens (tertiary/aromatic N) is 2. The van der Waals surface area contributed by atoms with Gasteiger partial charge in [0.2, 0.25) is 11.8 Å². The van der Waals surface area contributed by atoms with E-state index in [0.29, 0.717) is 23.2 Å². The first-order valence-electron chi connectivity index (χ1n) is 4.94. The highest BCUT2D eigenvalue weighted by molar-refractivity contribution is 5.69. The lowest BCUT2D eigenvalue weighted by Gasteiger charge is -2.15. The molecule has 6 heteroatoms. The molecule has 0 aromatic carbocycles. The minimum absolute atomic E-state index is 0.316. The van der Waals surface area contributed by atoms with Gasteiger partial charge in [0, 0.05) is 20.0 Å². The summed E-state index contributed by atoms with van der Waals surface area (Å²) in [4.78, 5) is 19.2. The molecule has 1 unspecified atom stereocenters. The SMILES string of the molecule is CNc1nc(NC)c(C(C)C=O)c(OC)n1. The number of aldehydes is 1. The molecule has 0 fully saturated rings. The molecule has 88 valence electrons. The van der Waals surface area contributed by atoms with Gasteiger partial charge in [-0.2, -0.15) is 9.97 Å². The molecule has 0 bridgehead atoms. The molecule has 2 N–H and O–H groups in total. The first-order chi connectivity index (χ1) is 7.67. The molecular formula is C10H16N4O2. The summed E-state index contributed by atoms with van der Waals surface area (Å²) in [5, 5.41) is 5.76. The third kappa shape index (κ3) is 2.21. The van der Waals surface area contributed by atoms with Gasteiger partial charge in [-0.25, -0.2) is 0 Å². The van der Waals surface area contributed by atoms with Crippen LogP contribution in [0.5, 0.6) is 5.88 Å². The number of anilines is 2. The summed E-state index contributed by atoms with van der Waals surface area (Å²) in [6.07, 6.45) is 0.834. The largest absolute Gasteiger partial charge is 0.481 e. The number of methoxy groups -OCH3 is 1. The summed E-state index contributed by atoms with van der Waals surface area (Å²) >= 11 is 0. The Kier molecular flexibility index (Phi) is 4.04. The van der Waals surface area contributed by atoms with E-state index in [9.17, 15) is 4.79 Å². The number of nitrogens with one attached hydrogen (secondary N) is 2. The van der Waals surface area contributed by atoms with Gasteiger partial charge in [-0.15, -0.1) is 0 Å². The summed E-state index contributed by atoms with van der Waals surface area (Å²) in [6.45, 7) is 1.77. The van der Waals surface area contributed by atoms with E-state index in [1.807, 2.05) is 0 Å². The van der Waals surface area contributed by atoms with E-state index in [-0.39, 0.29) is 5.92 Å². The lowest BCUT2D eigenvalue weighted by Crippen LogP contribution is -2.10. The van der Waals surface area contributed by atoms with Gasteiger partial charge >= 0.3 is 0 Å². The van der Waals surface area contributed by atoms with Crippen LogP contribution < -0.4 is 15.4 Å². The summed E-state index contributed by atoms with van der Waals surface area (Å²) < 4.78 is 5.16. The van der Waals surface area contributed by atoms with E-state index in [4.69, 9.17) is 4.74 Å². The molecule has 1 aromatic heterocycles. The fourth-order valence-electron chi connectivity index (χ4n) is 1.39. The molecule has 0 aliphatic rings. The summed E-state index contributed by atoms with van der Waals surface area (Å²) in [5.41, 5.74) is 0.666. The highest BCUT2D eigenvalue weighted by Crippen LogP contribution is 2.30. The molecule has 0 saturated carbocycles. The maximum absolute atomic E-state index is 10.8. The first-order valence-corrected chi connectivity index (χ1v) is 4.94. The van der Waals surface area contributed by atoms with Gasteiger partial charge in [0.1, 0.15) is 12.1 Å². The first kappa shape index (κ1) is 12.2. The fourth-order valence-corrected chi connectivity index (χ4v) is 1.39. The normalized spacial score (nSPS) is 11.8. The van der Waals surface area contributed by atoms with E-state index < -0.39 is 0 Å². The Labute approximate surface area is 94.4 Å². The van der Waals surface area contributed by atoms with Crippen LogP contribution in [0.25, 0.3) is 0 Å². The second-order valence-corrected chi connectivity index (χ2v) is 3.24. The van der Waals surface area contributed by atoms with E-state index in [0.717, 1.165) is 6.29 Å². The van der Waals surface area contributed by atoms with E-state index in [2.05, 4.69) is 20.6 Å². The van der Waals surface area contributed by atoms with Crippen LogP contribution in [-0.4, -0.2) is 37.5 Å². The second-order valence-electron chi connectivity index (χ2n) is 3.24. The van der Waals surface area contributed by atoms with Gasteiger partial charge in [-0.1, -0.05) is 6.92 Å². The smallest absolute Gasteiger partial charge is 0.227 e. The quantitative estimate of drug-likeness (QED) is 0.723. The number of ether oxygens (including phenoxy) is 1. The molecule has 0 spiro atoms. The van der Waals surface area contributed by atoms with Crippen molar-refractivity contribution in [3.8, 4) is 5.88 Å². The molecule has 1 atom stereocenters. The fraction of sp³-hybridized carbons (Fsp3) is 0.500. The van der Waals surface area contributed by atoms with E-state index in [1.54, 1.807) is 21.0 Å². The Bertz CT molecular complexity index is 356. The Hall–Kier alpha value is -1.85. The van der Waals surface area contributed by atoms with Crippen molar-refractivity contribution in [1.29, 1.82) is 0 Å². The molecule has 0 aliphatic heterocycles. The van der Waals surface area contributed by atoms with Crippen molar-refractivity contribution < 1.29 is 9.53 Å². The van der Waals surface area contributed by atoms with Crippen LogP contribution in [0.2, 0.25) is 0 Å². The number of carbonyl (C=O) groups is 1. The number of aromatic nitrogens is 2. The van der Waals surface area contributed by atoms with Crippen LogP contribution in [-0.2, 0) is 4.79 Å². The molecular weight excluding hydrogens is 208 g/mol. The lowest BCUT2D eigenvalue weighted by atomic mass is 10.0. The lowest BCUT2D eigenvalue weighted by molar-refractivity contribution is -0.108. The van der Waals surface area contributed by atoms with Crippen molar-refractivity contribution in [1.82, 2.24) is 9.97 Å². The predicted molar refractivity (Wildman–Crippen MR) is 62.2 cm³/mol. The minimum atomic E-state index is -0.316. The third-order valence-corrected chi connectivity index (χ3v) is 2.22. The zero-order valence-electron chi connectivity index (χ0n) is 9.87. The Balaban J connectivity index is 3.36. The van der Waals surface area contributed by atoms with Crippen LogP contribution in [0.1, 0.15) is 18.4 Å². The van der Waals surface area contributed by atoms with Gasteiger partial charge in [0.25, 0.3) is 0 Å². The van der Waals surface area contributed by atoms with Crippen molar-refractivity contribution in [2.45, 2.75) is 12.8 Å². The summed E-state index contributed by atoms with van der Waals surface area (Å²) in [7, 11) is 4.97.